The van der Waals surface area contributed by atoms with Gasteiger partial charge in [0.2, 0.25) is 5.88 Å². The molecule has 1 aliphatic rings. The van der Waals surface area contributed by atoms with E-state index in [1.807, 2.05) is 23.5 Å². The standard InChI is InChI=1S/C16H16N4O4/c1-24-7-2-3-10-9(6-7)8-4-5-17-13(12(8)18-10)11-14(21)19-16(23)20-15(11)22/h2-3,6,13,17-18H,4-5H2,1H3,(H3,19,20,21,22,23)/p+1/t13-/m0/s1. The molecule has 24 heavy (non-hydrogen) atoms. The van der Waals surface area contributed by atoms with Crippen molar-refractivity contribution in [3.05, 3.63) is 55.9 Å². The smallest absolute Gasteiger partial charge is 0.328 e. The van der Waals surface area contributed by atoms with Crippen LogP contribution in [-0.2, 0) is 6.42 Å². The number of quaternary nitrogens is 1. The van der Waals surface area contributed by atoms with Crippen LogP contribution in [0.4, 0.5) is 0 Å². The van der Waals surface area contributed by atoms with Crippen LogP contribution in [0.2, 0.25) is 0 Å². The molecule has 0 unspecified atom stereocenters. The van der Waals surface area contributed by atoms with Crippen molar-refractivity contribution in [2.24, 2.45) is 0 Å². The molecule has 8 heteroatoms. The van der Waals surface area contributed by atoms with Gasteiger partial charge in [-0.3, -0.25) is 14.8 Å². The third-order valence-corrected chi connectivity index (χ3v) is 4.52. The van der Waals surface area contributed by atoms with Gasteiger partial charge in [0.15, 0.2) is 6.04 Å². The predicted octanol–water partition coefficient (Wildman–Crippen LogP) is -0.532. The van der Waals surface area contributed by atoms with Crippen LogP contribution in [-0.4, -0.2) is 33.7 Å². The number of aromatic nitrogens is 3. The van der Waals surface area contributed by atoms with Crippen LogP contribution in [0.5, 0.6) is 11.6 Å². The first-order valence-corrected chi connectivity index (χ1v) is 7.65. The summed E-state index contributed by atoms with van der Waals surface area (Å²) in [6, 6.07) is 5.35. The number of benzene rings is 1. The van der Waals surface area contributed by atoms with Gasteiger partial charge in [-0.1, -0.05) is 0 Å². The lowest BCUT2D eigenvalue weighted by Gasteiger charge is -2.21. The molecule has 124 valence electrons. The lowest BCUT2D eigenvalue weighted by Crippen LogP contribution is -2.87. The van der Waals surface area contributed by atoms with E-state index in [-0.39, 0.29) is 5.56 Å². The van der Waals surface area contributed by atoms with E-state index in [0.29, 0.717) is 0 Å². The van der Waals surface area contributed by atoms with Gasteiger partial charge >= 0.3 is 5.69 Å². The maximum Gasteiger partial charge on any atom is 0.328 e. The zero-order valence-electron chi connectivity index (χ0n) is 13.0. The zero-order chi connectivity index (χ0) is 16.8. The number of methoxy groups -OCH3 is 1. The molecular weight excluding hydrogens is 312 g/mol. The van der Waals surface area contributed by atoms with Gasteiger partial charge in [0.25, 0.3) is 5.56 Å². The highest BCUT2D eigenvalue weighted by atomic mass is 16.5. The highest BCUT2D eigenvalue weighted by Gasteiger charge is 2.33. The van der Waals surface area contributed by atoms with Crippen molar-refractivity contribution in [1.82, 2.24) is 15.0 Å². The summed E-state index contributed by atoms with van der Waals surface area (Å²) in [5, 5.41) is 13.1. The van der Waals surface area contributed by atoms with Gasteiger partial charge in [-0.2, -0.15) is 0 Å². The lowest BCUT2D eigenvalue weighted by molar-refractivity contribution is -0.690. The number of ether oxygens (including phenoxy) is 1. The minimum absolute atomic E-state index is 0.147. The number of aromatic hydroxyl groups is 1. The van der Waals surface area contributed by atoms with Gasteiger partial charge in [-0.25, -0.2) is 4.79 Å². The molecule has 0 saturated heterocycles. The highest BCUT2D eigenvalue weighted by molar-refractivity contribution is 5.86. The van der Waals surface area contributed by atoms with Crippen molar-refractivity contribution in [2.45, 2.75) is 12.5 Å². The average molecular weight is 329 g/mol. The molecule has 3 heterocycles. The average Bonchev–Trinajstić information content (AvgIpc) is 2.92. The number of nitrogens with one attached hydrogen (secondary N) is 3. The Morgan fingerprint density at radius 2 is 2.08 bits per heavy atom. The second-order valence-corrected chi connectivity index (χ2v) is 5.85. The molecule has 0 aliphatic carbocycles. The van der Waals surface area contributed by atoms with Crippen molar-refractivity contribution in [2.75, 3.05) is 13.7 Å². The Labute approximate surface area is 135 Å². The van der Waals surface area contributed by atoms with Gasteiger partial charge in [0, 0.05) is 17.3 Å². The highest BCUT2D eigenvalue weighted by Crippen LogP contribution is 2.33. The number of rotatable bonds is 2. The van der Waals surface area contributed by atoms with Crippen LogP contribution in [0.25, 0.3) is 10.9 Å². The van der Waals surface area contributed by atoms with E-state index in [2.05, 4.69) is 15.0 Å². The normalized spacial score (nSPS) is 17.0. The molecule has 0 saturated carbocycles. The summed E-state index contributed by atoms with van der Waals surface area (Å²) in [5.74, 6) is 0.370. The maximum atomic E-state index is 12.2. The largest absolute Gasteiger partial charge is 0.497 e. The number of hydrogen-bond acceptors (Lipinski definition) is 4. The van der Waals surface area contributed by atoms with Crippen LogP contribution >= 0.6 is 0 Å². The molecule has 0 amide bonds. The van der Waals surface area contributed by atoms with Crippen molar-refractivity contribution >= 4 is 10.9 Å². The molecule has 1 aliphatic heterocycles. The first kappa shape index (κ1) is 14.6. The quantitative estimate of drug-likeness (QED) is 0.433. The van der Waals surface area contributed by atoms with E-state index in [1.165, 1.54) is 0 Å². The van der Waals surface area contributed by atoms with Crippen molar-refractivity contribution in [3.8, 4) is 11.6 Å². The minimum atomic E-state index is -0.723. The van der Waals surface area contributed by atoms with Crippen molar-refractivity contribution in [3.63, 3.8) is 0 Å². The molecule has 0 spiro atoms. The van der Waals surface area contributed by atoms with E-state index in [4.69, 9.17) is 4.74 Å². The fourth-order valence-electron chi connectivity index (χ4n) is 3.46. The molecule has 1 aromatic carbocycles. The molecule has 3 aromatic rings. The summed E-state index contributed by atoms with van der Waals surface area (Å²) in [4.78, 5) is 31.3. The number of fused-ring (bicyclic) bond motifs is 3. The van der Waals surface area contributed by atoms with E-state index in [1.54, 1.807) is 7.11 Å². The number of hydrogen-bond donors (Lipinski definition) is 5. The second-order valence-electron chi connectivity index (χ2n) is 5.85. The molecule has 1 atom stereocenters. The predicted molar refractivity (Wildman–Crippen MR) is 86.5 cm³/mol. The minimum Gasteiger partial charge on any atom is -0.497 e. The molecule has 0 radical (unpaired) electrons. The summed E-state index contributed by atoms with van der Waals surface area (Å²) < 4.78 is 5.29. The molecule has 2 aromatic heterocycles. The van der Waals surface area contributed by atoms with Gasteiger partial charge in [0.1, 0.15) is 11.3 Å². The SMILES string of the molecule is COc1ccc2[nH]c3c(c2c1)CC[NH2+][C@H]3c1c(O)[nH]c(=O)[nH]c1=O. The fourth-order valence-corrected chi connectivity index (χ4v) is 3.46. The van der Waals surface area contributed by atoms with Crippen molar-refractivity contribution in [1.29, 1.82) is 0 Å². The molecule has 4 rings (SSSR count). The molecular formula is C16H17N4O4+. The van der Waals surface area contributed by atoms with Crippen LogP contribution in [0, 0.1) is 0 Å². The Morgan fingerprint density at radius 1 is 1.25 bits per heavy atom. The Balaban J connectivity index is 1.94. The number of H-pyrrole nitrogens is 3. The van der Waals surface area contributed by atoms with Crippen LogP contribution < -0.4 is 21.3 Å². The topological polar surface area (TPSA) is 128 Å². The van der Waals surface area contributed by atoms with Gasteiger partial charge in [0.05, 0.1) is 19.3 Å². The monoisotopic (exact) mass is 329 g/mol. The first-order valence-electron chi connectivity index (χ1n) is 7.65. The van der Waals surface area contributed by atoms with Gasteiger partial charge < -0.3 is 20.1 Å². The van der Waals surface area contributed by atoms with Crippen LogP contribution in [0.1, 0.15) is 22.9 Å². The Kier molecular flexibility index (Phi) is 3.20. The van der Waals surface area contributed by atoms with Gasteiger partial charge in [-0.05, 0) is 23.8 Å². The summed E-state index contributed by atoms with van der Waals surface area (Å²) in [7, 11) is 1.62. The van der Waals surface area contributed by atoms with E-state index in [9.17, 15) is 14.7 Å². The Morgan fingerprint density at radius 3 is 2.83 bits per heavy atom. The Bertz CT molecular complexity index is 1050. The zero-order valence-corrected chi connectivity index (χ0v) is 13.0. The third-order valence-electron chi connectivity index (χ3n) is 4.52. The molecule has 0 fully saturated rings. The summed E-state index contributed by atoms with van der Waals surface area (Å²) in [5.41, 5.74) is 1.74. The second kappa shape index (κ2) is 5.27. The fraction of sp³-hybridized carbons (Fsp3) is 0.250. The van der Waals surface area contributed by atoms with E-state index in [0.717, 1.165) is 40.9 Å². The summed E-state index contributed by atoms with van der Waals surface area (Å²) in [6.45, 7) is 0.764. The molecule has 8 nitrogen and oxygen atoms in total. The summed E-state index contributed by atoms with van der Waals surface area (Å²) in [6.07, 6.45) is 0.834. The number of nitrogens with two attached hydrogens (primary N) is 1. The van der Waals surface area contributed by atoms with Crippen molar-refractivity contribution < 1.29 is 15.2 Å². The van der Waals surface area contributed by atoms with Crippen LogP contribution in [0.3, 0.4) is 0 Å². The summed E-state index contributed by atoms with van der Waals surface area (Å²) >= 11 is 0. The van der Waals surface area contributed by atoms with E-state index < -0.39 is 23.2 Å². The Hall–Kier alpha value is -3.00. The lowest BCUT2D eigenvalue weighted by atomic mass is 9.95. The van der Waals surface area contributed by atoms with E-state index >= 15 is 0 Å². The number of aromatic amines is 3. The molecule has 0 bridgehead atoms. The van der Waals surface area contributed by atoms with Gasteiger partial charge in [-0.15, -0.1) is 0 Å². The molecule has 6 N–H and O–H groups in total. The van der Waals surface area contributed by atoms with Crippen LogP contribution in [0.15, 0.2) is 27.8 Å². The maximum absolute atomic E-state index is 12.2. The third kappa shape index (κ3) is 2.11. The first-order chi connectivity index (χ1) is 11.6.